The summed E-state index contributed by atoms with van der Waals surface area (Å²) in [5, 5.41) is 2.21. The van der Waals surface area contributed by atoms with Gasteiger partial charge in [0, 0.05) is 30.1 Å². The molecule has 1 aliphatic heterocycles. The number of carbonyl (C=O) groups is 1. The maximum absolute atomic E-state index is 13.7. The number of benzene rings is 1. The number of nitrogens with two attached hydrogens (primary N) is 1. The molecule has 6 heteroatoms. The first-order chi connectivity index (χ1) is 10.1. The van der Waals surface area contributed by atoms with E-state index in [0.717, 1.165) is 12.8 Å². The van der Waals surface area contributed by atoms with Crippen LogP contribution in [0.15, 0.2) is 29.6 Å². The normalized spacial score (nSPS) is 18.8. The first-order valence-electron chi connectivity index (χ1n) is 6.90. The molecule has 1 fully saturated rings. The van der Waals surface area contributed by atoms with Crippen molar-refractivity contribution in [3.8, 4) is 10.6 Å². The minimum absolute atomic E-state index is 0.0346. The number of piperidine rings is 1. The lowest BCUT2D eigenvalue weighted by Crippen LogP contribution is -2.45. The van der Waals surface area contributed by atoms with Gasteiger partial charge in [-0.1, -0.05) is 12.1 Å². The number of rotatable bonds is 2. The second-order valence-electron chi connectivity index (χ2n) is 5.17. The second kappa shape index (κ2) is 5.91. The van der Waals surface area contributed by atoms with Gasteiger partial charge in [-0.15, -0.1) is 11.3 Å². The third-order valence-electron chi connectivity index (χ3n) is 3.57. The van der Waals surface area contributed by atoms with Gasteiger partial charge in [-0.05, 0) is 25.0 Å². The molecular formula is C15H16FN3OS. The van der Waals surface area contributed by atoms with Crippen molar-refractivity contribution in [3.63, 3.8) is 0 Å². The fourth-order valence-electron chi connectivity index (χ4n) is 2.49. The number of thiazole rings is 1. The van der Waals surface area contributed by atoms with Gasteiger partial charge in [0.05, 0.1) is 0 Å². The molecule has 21 heavy (non-hydrogen) atoms. The summed E-state index contributed by atoms with van der Waals surface area (Å²) in [6.45, 7) is 1.27. The van der Waals surface area contributed by atoms with Crippen molar-refractivity contribution in [3.05, 3.63) is 41.2 Å². The number of hydrogen-bond donors (Lipinski definition) is 1. The molecule has 1 aromatic carbocycles. The van der Waals surface area contributed by atoms with E-state index in [1.807, 2.05) is 0 Å². The third kappa shape index (κ3) is 2.96. The average molecular weight is 305 g/mol. The van der Waals surface area contributed by atoms with Crippen molar-refractivity contribution in [1.82, 2.24) is 9.88 Å². The lowest BCUT2D eigenvalue weighted by molar-refractivity contribution is 0.0704. The molecule has 0 saturated carbocycles. The molecule has 2 aromatic rings. The number of halogens is 1. The average Bonchev–Trinajstić information content (AvgIpc) is 2.96. The van der Waals surface area contributed by atoms with E-state index in [0.29, 0.717) is 29.4 Å². The molecular weight excluding hydrogens is 289 g/mol. The van der Waals surface area contributed by atoms with Crippen LogP contribution in [0.1, 0.15) is 23.3 Å². The standard InChI is InChI=1S/C15H16FN3OS/c16-12-6-2-1-5-11(12)14-18-13(9-21-14)15(20)19-7-3-4-10(17)8-19/h1-2,5-6,9-10H,3-4,7-8,17H2. The van der Waals surface area contributed by atoms with Gasteiger partial charge in [-0.3, -0.25) is 4.79 Å². The Kier molecular flexibility index (Phi) is 3.98. The number of nitrogens with zero attached hydrogens (tertiary/aromatic N) is 2. The summed E-state index contributed by atoms with van der Waals surface area (Å²) in [7, 11) is 0. The van der Waals surface area contributed by atoms with Crippen LogP contribution in [0.2, 0.25) is 0 Å². The maximum atomic E-state index is 13.7. The van der Waals surface area contributed by atoms with Crippen LogP contribution in [-0.2, 0) is 0 Å². The molecule has 1 aromatic heterocycles. The van der Waals surface area contributed by atoms with E-state index in [1.54, 1.807) is 28.5 Å². The first kappa shape index (κ1) is 14.2. The van der Waals surface area contributed by atoms with Crippen molar-refractivity contribution < 1.29 is 9.18 Å². The number of amides is 1. The Labute approximate surface area is 126 Å². The third-order valence-corrected chi connectivity index (χ3v) is 4.45. The van der Waals surface area contributed by atoms with E-state index in [-0.39, 0.29) is 17.8 Å². The van der Waals surface area contributed by atoms with Gasteiger partial charge in [0.25, 0.3) is 5.91 Å². The van der Waals surface area contributed by atoms with E-state index >= 15 is 0 Å². The van der Waals surface area contributed by atoms with Crippen LogP contribution in [0.5, 0.6) is 0 Å². The zero-order valence-electron chi connectivity index (χ0n) is 11.5. The summed E-state index contributed by atoms with van der Waals surface area (Å²) in [4.78, 5) is 18.4. The largest absolute Gasteiger partial charge is 0.336 e. The van der Waals surface area contributed by atoms with E-state index in [9.17, 15) is 9.18 Å². The van der Waals surface area contributed by atoms with Crippen LogP contribution in [0.3, 0.4) is 0 Å². The topological polar surface area (TPSA) is 59.2 Å². The lowest BCUT2D eigenvalue weighted by atomic mass is 10.1. The molecule has 4 nitrogen and oxygen atoms in total. The van der Waals surface area contributed by atoms with Gasteiger partial charge >= 0.3 is 0 Å². The van der Waals surface area contributed by atoms with Gasteiger partial charge in [0.2, 0.25) is 0 Å². The highest BCUT2D eigenvalue weighted by Gasteiger charge is 2.24. The van der Waals surface area contributed by atoms with Gasteiger partial charge < -0.3 is 10.6 Å². The molecule has 1 saturated heterocycles. The van der Waals surface area contributed by atoms with E-state index in [1.165, 1.54) is 17.4 Å². The summed E-state index contributed by atoms with van der Waals surface area (Å²) in [5.41, 5.74) is 6.69. The van der Waals surface area contributed by atoms with Crippen molar-refractivity contribution in [2.75, 3.05) is 13.1 Å². The van der Waals surface area contributed by atoms with Gasteiger partial charge in [0.15, 0.2) is 0 Å². The summed E-state index contributed by atoms with van der Waals surface area (Å²) in [5.74, 6) is -0.449. The Morgan fingerprint density at radius 1 is 1.43 bits per heavy atom. The van der Waals surface area contributed by atoms with Crippen LogP contribution in [0.4, 0.5) is 4.39 Å². The van der Waals surface area contributed by atoms with Crippen LogP contribution in [-0.4, -0.2) is 34.9 Å². The number of hydrogen-bond acceptors (Lipinski definition) is 4. The summed E-state index contributed by atoms with van der Waals surface area (Å²) in [6, 6.07) is 6.48. The Hall–Kier alpha value is -1.79. The quantitative estimate of drug-likeness (QED) is 0.927. The van der Waals surface area contributed by atoms with Crippen molar-refractivity contribution in [2.45, 2.75) is 18.9 Å². The predicted molar refractivity (Wildman–Crippen MR) is 80.6 cm³/mol. The van der Waals surface area contributed by atoms with Gasteiger partial charge in [0.1, 0.15) is 16.5 Å². The molecule has 0 bridgehead atoms. The second-order valence-corrected chi connectivity index (χ2v) is 6.03. The van der Waals surface area contributed by atoms with Crippen molar-refractivity contribution in [1.29, 1.82) is 0 Å². The Morgan fingerprint density at radius 3 is 3.00 bits per heavy atom. The molecule has 1 amide bonds. The fraction of sp³-hybridized carbons (Fsp3) is 0.333. The zero-order chi connectivity index (χ0) is 14.8. The SMILES string of the molecule is NC1CCCN(C(=O)c2csc(-c3ccccc3F)n2)C1. The lowest BCUT2D eigenvalue weighted by Gasteiger charge is -2.30. The monoisotopic (exact) mass is 305 g/mol. The molecule has 1 unspecified atom stereocenters. The first-order valence-corrected chi connectivity index (χ1v) is 7.78. The van der Waals surface area contributed by atoms with Gasteiger partial charge in [-0.2, -0.15) is 0 Å². The zero-order valence-corrected chi connectivity index (χ0v) is 12.3. The molecule has 3 rings (SSSR count). The molecule has 2 N–H and O–H groups in total. The summed E-state index contributed by atoms with van der Waals surface area (Å²) in [6.07, 6.45) is 1.86. The minimum atomic E-state index is -0.328. The minimum Gasteiger partial charge on any atom is -0.336 e. The van der Waals surface area contributed by atoms with Gasteiger partial charge in [-0.25, -0.2) is 9.37 Å². The number of likely N-dealkylation sites (tertiary alicyclic amines) is 1. The van der Waals surface area contributed by atoms with E-state index < -0.39 is 0 Å². The van der Waals surface area contributed by atoms with E-state index in [4.69, 9.17) is 5.73 Å². The van der Waals surface area contributed by atoms with Crippen LogP contribution in [0.25, 0.3) is 10.6 Å². The predicted octanol–water partition coefficient (Wildman–Crippen LogP) is 2.51. The number of carbonyl (C=O) groups excluding carboxylic acids is 1. The smallest absolute Gasteiger partial charge is 0.273 e. The van der Waals surface area contributed by atoms with Crippen LogP contribution in [0, 0.1) is 5.82 Å². The Morgan fingerprint density at radius 2 is 2.24 bits per heavy atom. The molecule has 0 spiro atoms. The van der Waals surface area contributed by atoms with Crippen LogP contribution >= 0.6 is 11.3 Å². The molecule has 0 radical (unpaired) electrons. The number of aromatic nitrogens is 1. The molecule has 1 atom stereocenters. The maximum Gasteiger partial charge on any atom is 0.273 e. The van der Waals surface area contributed by atoms with Crippen molar-refractivity contribution >= 4 is 17.2 Å². The highest BCUT2D eigenvalue weighted by atomic mass is 32.1. The van der Waals surface area contributed by atoms with Crippen LogP contribution < -0.4 is 5.73 Å². The molecule has 1 aliphatic rings. The van der Waals surface area contributed by atoms with Crippen molar-refractivity contribution in [2.24, 2.45) is 5.73 Å². The fourth-order valence-corrected chi connectivity index (χ4v) is 3.31. The molecule has 2 heterocycles. The molecule has 0 aliphatic carbocycles. The summed E-state index contributed by atoms with van der Waals surface area (Å²) < 4.78 is 13.7. The Balaban J connectivity index is 1.82. The highest BCUT2D eigenvalue weighted by Crippen LogP contribution is 2.26. The highest BCUT2D eigenvalue weighted by molar-refractivity contribution is 7.13. The van der Waals surface area contributed by atoms with E-state index in [2.05, 4.69) is 4.98 Å². The summed E-state index contributed by atoms with van der Waals surface area (Å²) >= 11 is 1.28. The molecule has 110 valence electrons. The Bertz CT molecular complexity index is 658.